The molecule has 1 aliphatic rings. The van der Waals surface area contributed by atoms with Crippen LogP contribution in [0.15, 0.2) is 54.7 Å². The lowest BCUT2D eigenvalue weighted by atomic mass is 9.72. The molecule has 0 unspecified atom stereocenters. The van der Waals surface area contributed by atoms with Crippen molar-refractivity contribution in [1.29, 1.82) is 0 Å². The Morgan fingerprint density at radius 3 is 2.65 bits per heavy atom. The van der Waals surface area contributed by atoms with E-state index >= 15 is 0 Å². The number of rotatable bonds is 2. The van der Waals surface area contributed by atoms with Gasteiger partial charge < -0.3 is 15.5 Å². The van der Waals surface area contributed by atoms with E-state index in [2.05, 4.69) is 41.5 Å². The van der Waals surface area contributed by atoms with E-state index < -0.39 is 0 Å². The fourth-order valence-electron chi connectivity index (χ4n) is 3.09. The highest BCUT2D eigenvalue weighted by Gasteiger charge is 2.43. The molecule has 3 heteroatoms. The minimum atomic E-state index is -0.0744. The number of hydrogen-bond donors (Lipinski definition) is 2. The van der Waals surface area contributed by atoms with Crippen LogP contribution >= 0.6 is 0 Å². The summed E-state index contributed by atoms with van der Waals surface area (Å²) in [7, 11) is 0. The largest absolute Gasteiger partial charge is 0.399 e. The first-order chi connectivity index (χ1) is 9.79. The van der Waals surface area contributed by atoms with Crippen LogP contribution in [0.1, 0.15) is 11.1 Å². The van der Waals surface area contributed by atoms with Gasteiger partial charge in [0, 0.05) is 22.8 Å². The van der Waals surface area contributed by atoms with Crippen LogP contribution in [0.2, 0.25) is 0 Å². The van der Waals surface area contributed by atoms with E-state index in [0.29, 0.717) is 13.2 Å². The Balaban J connectivity index is 1.93. The maximum absolute atomic E-state index is 5.95. The van der Waals surface area contributed by atoms with E-state index in [9.17, 15) is 0 Å². The zero-order valence-electron chi connectivity index (χ0n) is 11.1. The predicted molar refractivity (Wildman–Crippen MR) is 80.8 cm³/mol. The maximum atomic E-state index is 5.95. The van der Waals surface area contributed by atoms with E-state index in [1.807, 2.05) is 18.2 Å². The van der Waals surface area contributed by atoms with Gasteiger partial charge in [0.05, 0.1) is 18.6 Å². The topological polar surface area (TPSA) is 51.0 Å². The van der Waals surface area contributed by atoms with Crippen LogP contribution in [0.4, 0.5) is 5.69 Å². The van der Waals surface area contributed by atoms with Crippen molar-refractivity contribution in [2.45, 2.75) is 5.41 Å². The molecule has 2 heterocycles. The normalized spacial score (nSPS) is 17.0. The molecule has 3 aromatic rings. The summed E-state index contributed by atoms with van der Waals surface area (Å²) >= 11 is 0. The average molecular weight is 264 g/mol. The van der Waals surface area contributed by atoms with E-state index in [1.165, 1.54) is 16.5 Å². The molecule has 20 heavy (non-hydrogen) atoms. The fraction of sp³-hybridized carbons (Fsp3) is 0.176. The van der Waals surface area contributed by atoms with Crippen molar-refractivity contribution in [3.63, 3.8) is 0 Å². The molecule has 0 amide bonds. The lowest BCUT2D eigenvalue weighted by molar-refractivity contribution is -0.0372. The zero-order valence-corrected chi connectivity index (χ0v) is 11.1. The van der Waals surface area contributed by atoms with Gasteiger partial charge in [0.2, 0.25) is 0 Å². The minimum Gasteiger partial charge on any atom is -0.399 e. The first-order valence-corrected chi connectivity index (χ1v) is 6.80. The third kappa shape index (κ3) is 1.50. The third-order valence-electron chi connectivity index (χ3n) is 4.24. The molecule has 0 spiro atoms. The van der Waals surface area contributed by atoms with Gasteiger partial charge in [0.25, 0.3) is 0 Å². The highest BCUT2D eigenvalue weighted by Crippen LogP contribution is 2.42. The van der Waals surface area contributed by atoms with Gasteiger partial charge in [-0.15, -0.1) is 0 Å². The average Bonchev–Trinajstić information content (AvgIpc) is 2.83. The summed E-state index contributed by atoms with van der Waals surface area (Å²) < 4.78 is 5.55. The molecule has 0 aliphatic carbocycles. The number of fused-ring (bicyclic) bond motifs is 1. The molecule has 4 rings (SSSR count). The summed E-state index contributed by atoms with van der Waals surface area (Å²) in [6, 6.07) is 16.5. The van der Waals surface area contributed by atoms with Gasteiger partial charge in [0.1, 0.15) is 0 Å². The summed E-state index contributed by atoms with van der Waals surface area (Å²) in [4.78, 5) is 3.36. The molecular weight excluding hydrogens is 248 g/mol. The molecule has 1 fully saturated rings. The molecule has 2 aromatic carbocycles. The van der Waals surface area contributed by atoms with Crippen LogP contribution in [-0.4, -0.2) is 18.2 Å². The fourth-order valence-corrected chi connectivity index (χ4v) is 3.09. The second kappa shape index (κ2) is 4.12. The summed E-state index contributed by atoms with van der Waals surface area (Å²) in [6.45, 7) is 1.41. The number of nitrogen functional groups attached to an aromatic ring is 1. The number of nitrogens with two attached hydrogens (primary N) is 1. The van der Waals surface area contributed by atoms with Crippen molar-refractivity contribution in [3.05, 3.63) is 65.9 Å². The summed E-state index contributed by atoms with van der Waals surface area (Å²) in [5, 5.41) is 1.26. The number of ether oxygens (including phenoxy) is 1. The Kier molecular flexibility index (Phi) is 2.38. The monoisotopic (exact) mass is 264 g/mol. The molecule has 100 valence electrons. The third-order valence-corrected chi connectivity index (χ3v) is 4.24. The van der Waals surface area contributed by atoms with E-state index in [0.717, 1.165) is 11.2 Å². The van der Waals surface area contributed by atoms with Crippen molar-refractivity contribution >= 4 is 16.6 Å². The van der Waals surface area contributed by atoms with E-state index in [-0.39, 0.29) is 5.41 Å². The number of nitrogens with one attached hydrogen (secondary N) is 1. The highest BCUT2D eigenvalue weighted by atomic mass is 16.5. The second-order valence-corrected chi connectivity index (χ2v) is 5.45. The summed E-state index contributed by atoms with van der Waals surface area (Å²) in [6.07, 6.45) is 2.11. The van der Waals surface area contributed by atoms with Crippen molar-refractivity contribution in [1.82, 2.24) is 4.98 Å². The van der Waals surface area contributed by atoms with Crippen molar-refractivity contribution in [2.75, 3.05) is 18.9 Å². The van der Waals surface area contributed by atoms with Crippen molar-refractivity contribution < 1.29 is 4.74 Å². The molecule has 1 saturated heterocycles. The molecule has 1 aromatic heterocycles. The Hall–Kier alpha value is -2.26. The van der Waals surface area contributed by atoms with Gasteiger partial charge in [-0.2, -0.15) is 0 Å². The van der Waals surface area contributed by atoms with Crippen LogP contribution in [-0.2, 0) is 10.2 Å². The smallest absolute Gasteiger partial charge is 0.0691 e. The molecule has 3 N–H and O–H groups in total. The van der Waals surface area contributed by atoms with Crippen LogP contribution in [0.25, 0.3) is 10.9 Å². The zero-order chi connectivity index (χ0) is 13.6. The number of benzene rings is 2. The van der Waals surface area contributed by atoms with Gasteiger partial charge in [-0.05, 0) is 29.3 Å². The van der Waals surface area contributed by atoms with Gasteiger partial charge >= 0.3 is 0 Å². The first-order valence-electron chi connectivity index (χ1n) is 6.80. The molecule has 1 aliphatic heterocycles. The number of anilines is 1. The van der Waals surface area contributed by atoms with Crippen molar-refractivity contribution in [2.24, 2.45) is 0 Å². The molecule has 0 radical (unpaired) electrons. The van der Waals surface area contributed by atoms with Crippen LogP contribution in [0, 0.1) is 0 Å². The Labute approximate surface area is 117 Å². The summed E-state index contributed by atoms with van der Waals surface area (Å²) in [5.41, 5.74) is 10.4. The van der Waals surface area contributed by atoms with E-state index in [4.69, 9.17) is 10.5 Å². The minimum absolute atomic E-state index is 0.0744. The van der Waals surface area contributed by atoms with Crippen molar-refractivity contribution in [3.8, 4) is 0 Å². The Morgan fingerprint density at radius 1 is 1.05 bits per heavy atom. The van der Waals surface area contributed by atoms with Gasteiger partial charge in [-0.1, -0.05) is 30.3 Å². The SMILES string of the molecule is Nc1cccc(C2(c3c[nH]c4ccccc34)COC2)c1. The number of aromatic amines is 1. The quantitative estimate of drug-likeness (QED) is 0.699. The molecule has 0 saturated carbocycles. The molecule has 0 atom stereocenters. The number of para-hydroxylation sites is 1. The molecular formula is C17H16N2O. The van der Waals surface area contributed by atoms with E-state index in [1.54, 1.807) is 0 Å². The number of H-pyrrole nitrogens is 1. The van der Waals surface area contributed by atoms with Crippen LogP contribution in [0.3, 0.4) is 0 Å². The van der Waals surface area contributed by atoms with Crippen LogP contribution < -0.4 is 5.73 Å². The second-order valence-electron chi connectivity index (χ2n) is 5.45. The van der Waals surface area contributed by atoms with Gasteiger partial charge in [-0.3, -0.25) is 0 Å². The first kappa shape index (κ1) is 11.6. The lowest BCUT2D eigenvalue weighted by Gasteiger charge is -2.42. The number of aromatic nitrogens is 1. The van der Waals surface area contributed by atoms with Gasteiger partial charge in [-0.25, -0.2) is 0 Å². The highest BCUT2D eigenvalue weighted by molar-refractivity contribution is 5.85. The Bertz CT molecular complexity index is 771. The molecule has 0 bridgehead atoms. The van der Waals surface area contributed by atoms with Gasteiger partial charge in [0.15, 0.2) is 0 Å². The number of hydrogen-bond acceptors (Lipinski definition) is 2. The molecule has 3 nitrogen and oxygen atoms in total. The maximum Gasteiger partial charge on any atom is 0.0691 e. The lowest BCUT2D eigenvalue weighted by Crippen LogP contribution is -2.47. The van der Waals surface area contributed by atoms with Crippen LogP contribution in [0.5, 0.6) is 0 Å². The standard InChI is InChI=1S/C17H16N2O/c18-13-5-3-4-12(8-13)17(10-20-11-17)15-9-19-16-7-2-1-6-14(15)16/h1-9,19H,10-11,18H2. The predicted octanol–water partition coefficient (Wildman–Crippen LogP) is 3.07. The summed E-state index contributed by atoms with van der Waals surface area (Å²) in [5.74, 6) is 0. The Morgan fingerprint density at radius 2 is 1.90 bits per heavy atom.